The maximum Gasteiger partial charge on any atom is 0.147 e. The highest BCUT2D eigenvalue weighted by molar-refractivity contribution is 8.00. The van der Waals surface area contributed by atoms with Crippen LogP contribution in [0.15, 0.2) is 35.9 Å². The fourth-order valence-electron chi connectivity index (χ4n) is 1.51. The van der Waals surface area contributed by atoms with Crippen molar-refractivity contribution in [3.8, 4) is 0 Å². The Morgan fingerprint density at radius 2 is 2.36 bits per heavy atom. The van der Waals surface area contributed by atoms with Crippen molar-refractivity contribution in [2.75, 3.05) is 5.75 Å². The molecule has 0 aromatic heterocycles. The summed E-state index contributed by atoms with van der Waals surface area (Å²) < 4.78 is 0. The van der Waals surface area contributed by atoms with Crippen LogP contribution in [-0.2, 0) is 4.79 Å². The van der Waals surface area contributed by atoms with Gasteiger partial charge in [0.25, 0.3) is 0 Å². The summed E-state index contributed by atoms with van der Waals surface area (Å²) in [5.74, 6) is 0.908. The molecule has 2 rings (SSSR count). The van der Waals surface area contributed by atoms with E-state index >= 15 is 0 Å². The zero-order valence-electron chi connectivity index (χ0n) is 7.44. The van der Waals surface area contributed by atoms with Gasteiger partial charge in [-0.15, -0.1) is 11.8 Å². The van der Waals surface area contributed by atoms with Gasteiger partial charge in [-0.05, 0) is 17.7 Å². The highest BCUT2D eigenvalue weighted by Gasteiger charge is 2.21. The summed E-state index contributed by atoms with van der Waals surface area (Å²) in [6.07, 6.45) is 2.91. The van der Waals surface area contributed by atoms with Crippen molar-refractivity contribution < 1.29 is 4.79 Å². The Morgan fingerprint density at radius 1 is 1.50 bits per heavy atom. The third kappa shape index (κ3) is 1.86. The van der Waals surface area contributed by atoms with Crippen molar-refractivity contribution in [3.05, 3.63) is 46.5 Å². The summed E-state index contributed by atoms with van der Waals surface area (Å²) in [6.45, 7) is 0. The van der Waals surface area contributed by atoms with E-state index in [1.165, 1.54) is 0 Å². The number of carbonyl (C=O) groups excluding carboxylic acids is 1. The first-order valence-electron chi connectivity index (χ1n) is 4.33. The monoisotopic (exact) mass is 224 g/mol. The van der Waals surface area contributed by atoms with Crippen molar-refractivity contribution in [1.29, 1.82) is 0 Å². The van der Waals surface area contributed by atoms with Crippen molar-refractivity contribution in [3.63, 3.8) is 0 Å². The van der Waals surface area contributed by atoms with Crippen LogP contribution in [0.3, 0.4) is 0 Å². The first-order valence-corrected chi connectivity index (χ1v) is 5.76. The molecule has 1 aromatic rings. The zero-order chi connectivity index (χ0) is 9.97. The average Bonchev–Trinajstić information content (AvgIpc) is 2.65. The molecule has 1 atom stereocenters. The first-order chi connectivity index (χ1) is 6.81. The van der Waals surface area contributed by atoms with E-state index in [4.69, 9.17) is 11.6 Å². The fourth-order valence-corrected chi connectivity index (χ4v) is 2.88. The maximum absolute atomic E-state index is 10.8. The van der Waals surface area contributed by atoms with Crippen LogP contribution in [0.4, 0.5) is 0 Å². The molecule has 0 fully saturated rings. The predicted octanol–water partition coefficient (Wildman–Crippen LogP) is 3.25. The van der Waals surface area contributed by atoms with E-state index in [1.807, 2.05) is 30.3 Å². The zero-order valence-corrected chi connectivity index (χ0v) is 9.02. The van der Waals surface area contributed by atoms with Crippen LogP contribution in [0.1, 0.15) is 10.8 Å². The number of aldehydes is 1. The van der Waals surface area contributed by atoms with Gasteiger partial charge in [-0.2, -0.15) is 0 Å². The lowest BCUT2D eigenvalue weighted by atomic mass is 10.1. The quantitative estimate of drug-likeness (QED) is 0.718. The molecule has 14 heavy (non-hydrogen) atoms. The smallest absolute Gasteiger partial charge is 0.147 e. The fraction of sp³-hybridized carbons (Fsp3) is 0.182. The van der Waals surface area contributed by atoms with Crippen LogP contribution < -0.4 is 0 Å². The van der Waals surface area contributed by atoms with Crippen LogP contribution in [0.2, 0.25) is 5.02 Å². The Balaban J connectivity index is 2.31. The molecule has 1 aliphatic heterocycles. The van der Waals surface area contributed by atoms with Crippen LogP contribution in [-0.4, -0.2) is 12.0 Å². The SMILES string of the molecule is O=CC1=CCS[C@@H]1c1cccc(Cl)c1. The second kappa shape index (κ2) is 4.20. The average molecular weight is 225 g/mol. The lowest BCUT2D eigenvalue weighted by molar-refractivity contribution is -0.105. The molecular formula is C11H9ClOS. The lowest BCUT2D eigenvalue weighted by Crippen LogP contribution is -1.95. The second-order valence-corrected chi connectivity index (χ2v) is 4.66. The summed E-state index contributed by atoms with van der Waals surface area (Å²) in [5.41, 5.74) is 1.97. The first kappa shape index (κ1) is 9.81. The van der Waals surface area contributed by atoms with Crippen LogP contribution in [0, 0.1) is 0 Å². The second-order valence-electron chi connectivity index (χ2n) is 3.09. The summed E-state index contributed by atoms with van der Waals surface area (Å²) in [4.78, 5) is 10.8. The molecule has 1 heterocycles. The number of hydrogen-bond acceptors (Lipinski definition) is 2. The number of benzene rings is 1. The van der Waals surface area contributed by atoms with Gasteiger partial charge in [0.15, 0.2) is 0 Å². The van der Waals surface area contributed by atoms with E-state index in [1.54, 1.807) is 11.8 Å². The molecule has 0 spiro atoms. The molecular weight excluding hydrogens is 216 g/mol. The molecule has 0 aliphatic carbocycles. The molecule has 3 heteroatoms. The minimum absolute atomic E-state index is 0.172. The van der Waals surface area contributed by atoms with Crippen molar-refractivity contribution >= 4 is 29.6 Å². The Morgan fingerprint density at radius 3 is 3.07 bits per heavy atom. The van der Waals surface area contributed by atoms with Gasteiger partial charge in [0.2, 0.25) is 0 Å². The van der Waals surface area contributed by atoms with Gasteiger partial charge in [0.05, 0.1) is 5.25 Å². The van der Waals surface area contributed by atoms with E-state index < -0.39 is 0 Å². The predicted molar refractivity (Wildman–Crippen MR) is 60.8 cm³/mol. The van der Waals surface area contributed by atoms with Crippen molar-refractivity contribution in [1.82, 2.24) is 0 Å². The van der Waals surface area contributed by atoms with Gasteiger partial charge in [0.1, 0.15) is 6.29 Å². The number of carbonyl (C=O) groups is 1. The van der Waals surface area contributed by atoms with Gasteiger partial charge in [0, 0.05) is 16.3 Å². The van der Waals surface area contributed by atoms with E-state index in [-0.39, 0.29) is 5.25 Å². The van der Waals surface area contributed by atoms with E-state index in [2.05, 4.69) is 0 Å². The Hall–Kier alpha value is -0.730. The molecule has 0 radical (unpaired) electrons. The molecule has 72 valence electrons. The van der Waals surface area contributed by atoms with Crippen LogP contribution >= 0.6 is 23.4 Å². The number of hydrogen-bond donors (Lipinski definition) is 0. The number of thioether (sulfide) groups is 1. The van der Waals surface area contributed by atoms with Gasteiger partial charge in [-0.3, -0.25) is 4.79 Å². The van der Waals surface area contributed by atoms with E-state index in [0.717, 1.165) is 28.2 Å². The Bertz CT molecular complexity index is 387. The minimum atomic E-state index is 0.172. The summed E-state index contributed by atoms with van der Waals surface area (Å²) in [6, 6.07) is 7.68. The molecule has 1 aliphatic rings. The van der Waals surface area contributed by atoms with Gasteiger partial charge < -0.3 is 0 Å². The van der Waals surface area contributed by atoms with E-state index in [9.17, 15) is 4.79 Å². The van der Waals surface area contributed by atoms with Crippen molar-refractivity contribution in [2.24, 2.45) is 0 Å². The van der Waals surface area contributed by atoms with Gasteiger partial charge >= 0.3 is 0 Å². The minimum Gasteiger partial charge on any atom is -0.298 e. The highest BCUT2D eigenvalue weighted by atomic mass is 35.5. The third-order valence-electron chi connectivity index (χ3n) is 2.17. The van der Waals surface area contributed by atoms with E-state index in [0.29, 0.717) is 0 Å². The standard InChI is InChI=1S/C11H9ClOS/c12-10-3-1-2-8(6-10)11-9(7-13)4-5-14-11/h1-4,6-7,11H,5H2/t11-/m1/s1. The molecule has 0 saturated heterocycles. The summed E-state index contributed by atoms with van der Waals surface area (Å²) in [7, 11) is 0. The third-order valence-corrected chi connectivity index (χ3v) is 3.64. The molecule has 1 aromatic carbocycles. The summed E-state index contributed by atoms with van der Waals surface area (Å²) in [5, 5.41) is 0.895. The molecule has 0 bridgehead atoms. The molecule has 0 amide bonds. The molecule has 1 nitrogen and oxygen atoms in total. The van der Waals surface area contributed by atoms with Crippen molar-refractivity contribution in [2.45, 2.75) is 5.25 Å². The van der Waals surface area contributed by atoms with Gasteiger partial charge in [-0.1, -0.05) is 29.8 Å². The van der Waals surface area contributed by atoms with Crippen LogP contribution in [0.25, 0.3) is 0 Å². The molecule has 0 unspecified atom stereocenters. The lowest BCUT2D eigenvalue weighted by Gasteiger charge is -2.10. The van der Waals surface area contributed by atoms with Gasteiger partial charge in [-0.25, -0.2) is 0 Å². The maximum atomic E-state index is 10.8. The topological polar surface area (TPSA) is 17.1 Å². The highest BCUT2D eigenvalue weighted by Crippen LogP contribution is 2.40. The number of halogens is 1. The largest absolute Gasteiger partial charge is 0.298 e. The Kier molecular flexibility index (Phi) is 2.94. The molecule has 0 saturated carbocycles. The normalized spacial score (nSPS) is 20.6. The number of rotatable bonds is 2. The van der Waals surface area contributed by atoms with Crippen LogP contribution in [0.5, 0.6) is 0 Å². The summed E-state index contributed by atoms with van der Waals surface area (Å²) >= 11 is 7.65. The molecule has 0 N–H and O–H groups in total. The Labute approximate surface area is 92.1 Å².